The fourth-order valence-electron chi connectivity index (χ4n) is 2.03. The number of carboxylic acids is 1. The molecule has 0 aliphatic carbocycles. The normalized spacial score (nSPS) is 16.7. The van der Waals surface area contributed by atoms with Gasteiger partial charge in [-0.1, -0.05) is 13.8 Å². The third-order valence-corrected chi connectivity index (χ3v) is 3.07. The van der Waals surface area contributed by atoms with Gasteiger partial charge in [0.25, 0.3) is 0 Å². The highest BCUT2D eigenvalue weighted by atomic mass is 16.5. The molecule has 1 rings (SSSR count). The van der Waals surface area contributed by atoms with Gasteiger partial charge in [-0.2, -0.15) is 0 Å². The minimum absolute atomic E-state index is 0.143. The number of amides is 2. The number of carbonyl (C=O) groups excluding carboxylic acids is 1. The van der Waals surface area contributed by atoms with E-state index in [1.165, 1.54) is 0 Å². The zero-order valence-electron chi connectivity index (χ0n) is 13.1. The fourth-order valence-corrected chi connectivity index (χ4v) is 2.03. The van der Waals surface area contributed by atoms with Crippen molar-refractivity contribution in [1.82, 2.24) is 10.2 Å². The summed E-state index contributed by atoms with van der Waals surface area (Å²) in [6.45, 7) is 8.42. The summed E-state index contributed by atoms with van der Waals surface area (Å²) < 4.78 is 10.7. The van der Waals surface area contributed by atoms with Gasteiger partial charge in [-0.05, 0) is 19.3 Å². The molecule has 1 heterocycles. The number of nitrogens with zero attached hydrogens (tertiary/aromatic N) is 1. The van der Waals surface area contributed by atoms with Gasteiger partial charge in [-0.25, -0.2) is 9.59 Å². The molecule has 1 fully saturated rings. The molecule has 0 spiro atoms. The van der Waals surface area contributed by atoms with Crippen LogP contribution in [0.15, 0.2) is 0 Å². The lowest BCUT2D eigenvalue weighted by atomic mass is 9.97. The molecule has 2 amide bonds. The number of aliphatic carboxylic acids is 1. The minimum atomic E-state index is -1.000. The number of likely N-dealkylation sites (tertiary alicyclic amines) is 1. The first-order valence-electron chi connectivity index (χ1n) is 7.29. The molecule has 21 heavy (non-hydrogen) atoms. The van der Waals surface area contributed by atoms with E-state index in [-0.39, 0.29) is 12.6 Å². The Morgan fingerprint density at radius 2 is 2.05 bits per heavy atom. The van der Waals surface area contributed by atoms with Crippen molar-refractivity contribution in [1.29, 1.82) is 0 Å². The molecule has 2 N–H and O–H groups in total. The first-order chi connectivity index (χ1) is 9.82. The molecule has 0 unspecified atom stereocenters. The van der Waals surface area contributed by atoms with Gasteiger partial charge in [0.1, 0.15) is 12.2 Å². The van der Waals surface area contributed by atoms with Crippen LogP contribution in [0.2, 0.25) is 0 Å². The first kappa shape index (κ1) is 17.7. The topological polar surface area (TPSA) is 88.1 Å². The highest BCUT2D eigenvalue weighted by molar-refractivity contribution is 5.75. The van der Waals surface area contributed by atoms with Gasteiger partial charge in [0, 0.05) is 19.8 Å². The van der Waals surface area contributed by atoms with Gasteiger partial charge in [-0.15, -0.1) is 0 Å². The highest BCUT2D eigenvalue weighted by Crippen LogP contribution is 2.24. The summed E-state index contributed by atoms with van der Waals surface area (Å²) in [7, 11) is 0. The third kappa shape index (κ3) is 6.77. The summed E-state index contributed by atoms with van der Waals surface area (Å²) in [6, 6.07) is -0.143. The van der Waals surface area contributed by atoms with Crippen molar-refractivity contribution >= 4 is 12.0 Å². The van der Waals surface area contributed by atoms with Gasteiger partial charge in [0.2, 0.25) is 0 Å². The number of rotatable bonds is 9. The Morgan fingerprint density at radius 1 is 1.38 bits per heavy atom. The van der Waals surface area contributed by atoms with E-state index in [9.17, 15) is 9.59 Å². The van der Waals surface area contributed by atoms with E-state index in [0.29, 0.717) is 32.2 Å². The Labute approximate surface area is 125 Å². The maximum Gasteiger partial charge on any atom is 0.329 e. The molecular weight excluding hydrogens is 276 g/mol. The van der Waals surface area contributed by atoms with Crippen LogP contribution in [-0.4, -0.2) is 67.1 Å². The second-order valence-electron chi connectivity index (χ2n) is 6.04. The predicted octanol–water partition coefficient (Wildman–Crippen LogP) is 0.934. The molecule has 0 aromatic rings. The number of hydrogen-bond acceptors (Lipinski definition) is 4. The summed E-state index contributed by atoms with van der Waals surface area (Å²) in [5.74, 6) is -0.482. The molecule has 1 aliphatic heterocycles. The highest BCUT2D eigenvalue weighted by Gasteiger charge is 2.42. The quantitative estimate of drug-likeness (QED) is 0.619. The van der Waals surface area contributed by atoms with Crippen molar-refractivity contribution < 1.29 is 24.2 Å². The number of urea groups is 1. The maximum absolute atomic E-state index is 11.8. The Hall–Kier alpha value is -1.34. The van der Waals surface area contributed by atoms with Crippen LogP contribution in [0.1, 0.15) is 27.2 Å². The Bertz CT molecular complexity index is 353. The molecule has 122 valence electrons. The largest absolute Gasteiger partial charge is 0.480 e. The monoisotopic (exact) mass is 302 g/mol. The molecule has 0 aromatic carbocycles. The van der Waals surface area contributed by atoms with Crippen molar-refractivity contribution in [3.63, 3.8) is 0 Å². The maximum atomic E-state index is 11.8. The van der Waals surface area contributed by atoms with Crippen molar-refractivity contribution in [2.24, 2.45) is 5.92 Å². The van der Waals surface area contributed by atoms with Crippen LogP contribution in [0.3, 0.4) is 0 Å². The average molecular weight is 302 g/mol. The van der Waals surface area contributed by atoms with Crippen molar-refractivity contribution in [2.45, 2.75) is 32.8 Å². The Balaban J connectivity index is 2.06. The summed E-state index contributed by atoms with van der Waals surface area (Å²) >= 11 is 0. The van der Waals surface area contributed by atoms with Gasteiger partial charge in [0.15, 0.2) is 0 Å². The van der Waals surface area contributed by atoms with E-state index in [2.05, 4.69) is 19.2 Å². The lowest BCUT2D eigenvalue weighted by molar-refractivity contribution is -0.159. The van der Waals surface area contributed by atoms with Crippen LogP contribution in [0.5, 0.6) is 0 Å². The molecule has 7 heteroatoms. The van der Waals surface area contributed by atoms with Gasteiger partial charge < -0.3 is 24.8 Å². The number of carbonyl (C=O) groups is 2. The van der Waals surface area contributed by atoms with Crippen LogP contribution in [0.25, 0.3) is 0 Å². The van der Waals surface area contributed by atoms with E-state index in [4.69, 9.17) is 14.6 Å². The molecule has 0 saturated carbocycles. The van der Waals surface area contributed by atoms with Crippen LogP contribution in [0, 0.1) is 5.92 Å². The predicted molar refractivity (Wildman–Crippen MR) is 77.2 cm³/mol. The summed E-state index contributed by atoms with van der Waals surface area (Å²) in [6.07, 6.45) is 0.777. The second-order valence-corrected chi connectivity index (χ2v) is 6.04. The second kappa shape index (κ2) is 8.19. The lowest BCUT2D eigenvalue weighted by Crippen LogP contribution is -2.65. The number of carboxylic acid groups (broad SMARTS) is 1. The Morgan fingerprint density at radius 3 is 2.62 bits per heavy atom. The first-order valence-corrected chi connectivity index (χ1v) is 7.29. The number of ether oxygens (including phenoxy) is 2. The zero-order chi connectivity index (χ0) is 15.9. The average Bonchev–Trinajstić information content (AvgIpc) is 2.36. The van der Waals surface area contributed by atoms with Crippen LogP contribution >= 0.6 is 0 Å². The fraction of sp³-hybridized carbons (Fsp3) is 0.857. The van der Waals surface area contributed by atoms with Crippen molar-refractivity contribution in [2.75, 3.05) is 39.5 Å². The summed E-state index contributed by atoms with van der Waals surface area (Å²) in [5.41, 5.74) is -0.546. The summed E-state index contributed by atoms with van der Waals surface area (Å²) in [5, 5.41) is 11.4. The molecule has 0 bridgehead atoms. The van der Waals surface area contributed by atoms with Crippen molar-refractivity contribution in [3.05, 3.63) is 0 Å². The molecule has 1 aliphatic rings. The van der Waals surface area contributed by atoms with Crippen LogP contribution in [0.4, 0.5) is 4.79 Å². The SMILES string of the molecule is CC(C)COCCCNC(=O)N1CC(C)(OCC(=O)O)C1. The van der Waals surface area contributed by atoms with E-state index in [0.717, 1.165) is 13.0 Å². The lowest BCUT2D eigenvalue weighted by Gasteiger charge is -2.46. The van der Waals surface area contributed by atoms with Gasteiger partial charge in [0.05, 0.1) is 13.1 Å². The Kier molecular flexibility index (Phi) is 6.91. The molecule has 0 radical (unpaired) electrons. The van der Waals surface area contributed by atoms with E-state index in [1.807, 2.05) is 0 Å². The zero-order valence-corrected chi connectivity index (χ0v) is 13.1. The van der Waals surface area contributed by atoms with E-state index in [1.54, 1.807) is 11.8 Å². The van der Waals surface area contributed by atoms with Gasteiger partial charge >= 0.3 is 12.0 Å². The number of hydrogen-bond donors (Lipinski definition) is 2. The van der Waals surface area contributed by atoms with E-state index < -0.39 is 11.6 Å². The summed E-state index contributed by atoms with van der Waals surface area (Å²) in [4.78, 5) is 23.8. The van der Waals surface area contributed by atoms with E-state index >= 15 is 0 Å². The minimum Gasteiger partial charge on any atom is -0.480 e. The molecule has 7 nitrogen and oxygen atoms in total. The standard InChI is InChI=1S/C14H26N2O5/c1-11(2)7-20-6-4-5-15-13(19)16-9-14(3,10-16)21-8-12(17)18/h11H,4-10H2,1-3H3,(H,15,19)(H,17,18). The van der Waals surface area contributed by atoms with Gasteiger partial charge in [-0.3, -0.25) is 0 Å². The molecule has 0 aromatic heterocycles. The smallest absolute Gasteiger partial charge is 0.329 e. The molecular formula is C14H26N2O5. The third-order valence-electron chi connectivity index (χ3n) is 3.07. The molecule has 0 atom stereocenters. The van der Waals surface area contributed by atoms with Crippen molar-refractivity contribution in [3.8, 4) is 0 Å². The van der Waals surface area contributed by atoms with Crippen LogP contribution in [-0.2, 0) is 14.3 Å². The molecule has 1 saturated heterocycles. The number of nitrogens with one attached hydrogen (secondary N) is 1. The van der Waals surface area contributed by atoms with Crippen LogP contribution < -0.4 is 5.32 Å².